The van der Waals surface area contributed by atoms with E-state index in [0.717, 1.165) is 0 Å². The maximum Gasteiger partial charge on any atom is 0.164 e. The molecule has 0 fully saturated rings. The van der Waals surface area contributed by atoms with Gasteiger partial charge in [0.25, 0.3) is 0 Å². The van der Waals surface area contributed by atoms with Gasteiger partial charge in [-0.2, -0.15) is 0 Å². The summed E-state index contributed by atoms with van der Waals surface area (Å²) in [7, 11) is 0. The molecule has 0 aliphatic rings. The zero-order valence-electron chi connectivity index (χ0n) is 21.4. The summed E-state index contributed by atoms with van der Waals surface area (Å²) >= 11 is 0. The third-order valence-corrected chi connectivity index (χ3v) is 4.25. The van der Waals surface area contributed by atoms with E-state index in [1.54, 1.807) is 24.3 Å². The van der Waals surface area contributed by atoms with Crippen LogP contribution in [-0.2, 0) is 31.3 Å². The molecule has 0 unspecified atom stereocenters. The van der Waals surface area contributed by atoms with Gasteiger partial charge in [0.15, 0.2) is 11.6 Å². The molecule has 35 heavy (non-hydrogen) atoms. The number of rotatable bonds is 5. The molecule has 6 nitrogen and oxygen atoms in total. The summed E-state index contributed by atoms with van der Waals surface area (Å²) in [5.41, 5.74) is 0.413. The smallest absolute Gasteiger partial charge is 0.164 e. The van der Waals surface area contributed by atoms with Crippen molar-refractivity contribution in [2.24, 2.45) is 10.8 Å². The van der Waals surface area contributed by atoms with Crippen LogP contribution in [-0.4, -0.2) is 45.2 Å². The molecule has 2 aromatic rings. The Bertz CT molecular complexity index is 857. The first-order valence-electron chi connectivity index (χ1n) is 11.0. The molecular formula is C28H38O6Ti. The minimum Gasteiger partial charge on any atom is -0.507 e. The van der Waals surface area contributed by atoms with E-state index in [1.807, 2.05) is 77.9 Å². The summed E-state index contributed by atoms with van der Waals surface area (Å²) in [4.78, 5) is 23.2. The molecule has 0 heterocycles. The Kier molecular flexibility index (Phi) is 16.8. The van der Waals surface area contributed by atoms with Gasteiger partial charge in [0, 0.05) is 55.8 Å². The van der Waals surface area contributed by atoms with E-state index < -0.39 is 10.8 Å². The molecule has 4 N–H and O–H groups in total. The second kappa shape index (κ2) is 17.0. The van der Waals surface area contributed by atoms with Crippen molar-refractivity contribution < 1.29 is 51.7 Å². The average molecular weight is 518 g/mol. The number of hydrogen-bond acceptors (Lipinski definition) is 6. The van der Waals surface area contributed by atoms with Crippen molar-refractivity contribution in [3.63, 3.8) is 0 Å². The molecule has 0 saturated heterocycles. The molecular weight excluding hydrogens is 480 g/mol. The zero-order chi connectivity index (χ0) is 26.4. The summed E-state index contributed by atoms with van der Waals surface area (Å²) in [6.45, 7) is 10.7. The van der Waals surface area contributed by atoms with Crippen LogP contribution in [0.25, 0.3) is 11.5 Å². The normalized spacial score (nSPS) is 11.7. The van der Waals surface area contributed by atoms with Crippen molar-refractivity contribution in [3.05, 3.63) is 83.9 Å². The fraction of sp³-hybridized carbons (Fsp3) is 0.357. The van der Waals surface area contributed by atoms with Gasteiger partial charge in [-0.3, -0.25) is 9.59 Å². The fourth-order valence-corrected chi connectivity index (χ4v) is 2.07. The Hall–Kier alpha value is -2.51. The Labute approximate surface area is 223 Å². The molecule has 0 aromatic heterocycles. The maximum absolute atomic E-state index is 11.6. The topological polar surface area (TPSA) is 115 Å². The van der Waals surface area contributed by atoms with Crippen molar-refractivity contribution in [3.8, 4) is 0 Å². The number of benzene rings is 2. The maximum atomic E-state index is 11.6. The minimum atomic E-state index is -0.456. The number of carbonyl (C=O) groups is 2. The first kappa shape index (κ1) is 34.7. The third kappa shape index (κ3) is 15.2. The van der Waals surface area contributed by atoms with Gasteiger partial charge in [-0.15, -0.1) is 0 Å². The largest absolute Gasteiger partial charge is 0.507 e. The molecule has 0 saturated carbocycles. The molecule has 0 atom stereocenters. The molecule has 0 bridgehead atoms. The van der Waals surface area contributed by atoms with Crippen LogP contribution in [0.5, 0.6) is 0 Å². The number of ketones is 2. The molecule has 190 valence electrons. The number of hydrogen-bond donors (Lipinski definition) is 4. The predicted octanol–water partition coefficient (Wildman–Crippen LogP) is 5.37. The Balaban J connectivity index is 0. The summed E-state index contributed by atoms with van der Waals surface area (Å²) in [5, 5.41) is 34.6. The van der Waals surface area contributed by atoms with Crippen LogP contribution < -0.4 is 0 Å². The molecule has 0 spiro atoms. The van der Waals surface area contributed by atoms with Gasteiger partial charge in [0.05, 0.1) is 13.2 Å². The molecule has 2 rings (SSSR count). The van der Waals surface area contributed by atoms with E-state index in [9.17, 15) is 19.8 Å². The van der Waals surface area contributed by atoms with Crippen LogP contribution in [0, 0.1) is 10.8 Å². The van der Waals surface area contributed by atoms with E-state index >= 15 is 0 Å². The van der Waals surface area contributed by atoms with E-state index in [-0.39, 0.29) is 58.0 Å². The SMILES string of the molecule is CC(C)(C)C(=O)/C=C(/O)c1ccccc1.CC(C)(C)C(=O)/C=C(/O)c1ccccc1.OCCO.[Ti]. The van der Waals surface area contributed by atoms with Crippen molar-refractivity contribution >= 4 is 23.1 Å². The van der Waals surface area contributed by atoms with Crippen LogP contribution in [0.4, 0.5) is 0 Å². The standard InChI is InChI=1S/2C13H16O2.C2H6O2.Ti/c2*1-13(2,3)12(15)9-11(14)10-7-5-4-6-8-10;3-1-2-4;/h2*4-9,14H,1-3H3;3-4H,1-2H2;/b2*11-9+;;. The van der Waals surface area contributed by atoms with Gasteiger partial charge >= 0.3 is 0 Å². The summed E-state index contributed by atoms with van der Waals surface area (Å²) in [6, 6.07) is 18.1. The first-order chi connectivity index (χ1) is 15.7. The van der Waals surface area contributed by atoms with Crippen molar-refractivity contribution in [1.82, 2.24) is 0 Å². The molecule has 7 heteroatoms. The van der Waals surface area contributed by atoms with Crippen LogP contribution in [0.3, 0.4) is 0 Å². The van der Waals surface area contributed by atoms with Crippen molar-refractivity contribution in [2.75, 3.05) is 13.2 Å². The van der Waals surface area contributed by atoms with Gasteiger partial charge in [-0.25, -0.2) is 0 Å². The molecule has 0 aliphatic carbocycles. The quantitative estimate of drug-likeness (QED) is 0.240. The predicted molar refractivity (Wildman–Crippen MR) is 137 cm³/mol. The van der Waals surface area contributed by atoms with Gasteiger partial charge in [-0.1, -0.05) is 102 Å². The average Bonchev–Trinajstić information content (AvgIpc) is 2.79. The third-order valence-electron chi connectivity index (χ3n) is 4.25. The van der Waals surface area contributed by atoms with Crippen molar-refractivity contribution in [1.29, 1.82) is 0 Å². The summed E-state index contributed by atoms with van der Waals surface area (Å²) in [5.74, 6) is -0.112. The summed E-state index contributed by atoms with van der Waals surface area (Å²) in [6.07, 6.45) is 2.57. The number of allylic oxidation sites excluding steroid dienone is 2. The monoisotopic (exact) mass is 518 g/mol. The van der Waals surface area contributed by atoms with Gasteiger partial charge < -0.3 is 20.4 Å². The molecule has 2 aromatic carbocycles. The molecule has 0 radical (unpaired) electrons. The minimum absolute atomic E-state index is 0. The van der Waals surface area contributed by atoms with Gasteiger partial charge in [0.1, 0.15) is 11.5 Å². The van der Waals surface area contributed by atoms with E-state index in [1.165, 1.54) is 12.2 Å². The van der Waals surface area contributed by atoms with Crippen LogP contribution >= 0.6 is 0 Å². The van der Waals surface area contributed by atoms with E-state index in [2.05, 4.69) is 0 Å². The second-order valence-corrected chi connectivity index (χ2v) is 9.47. The number of carbonyl (C=O) groups excluding carboxylic acids is 2. The Morgan fingerprint density at radius 2 is 0.886 bits per heavy atom. The van der Waals surface area contributed by atoms with Crippen LogP contribution in [0.1, 0.15) is 52.7 Å². The number of aliphatic hydroxyl groups excluding tert-OH is 4. The van der Waals surface area contributed by atoms with E-state index in [0.29, 0.717) is 11.1 Å². The van der Waals surface area contributed by atoms with E-state index in [4.69, 9.17) is 10.2 Å². The Morgan fingerprint density at radius 1 is 0.629 bits per heavy atom. The fourth-order valence-electron chi connectivity index (χ4n) is 2.07. The summed E-state index contributed by atoms with van der Waals surface area (Å²) < 4.78 is 0. The molecule has 0 aliphatic heterocycles. The number of aliphatic hydroxyl groups is 4. The van der Waals surface area contributed by atoms with Gasteiger partial charge in [0.2, 0.25) is 0 Å². The zero-order valence-corrected chi connectivity index (χ0v) is 23.0. The molecule has 0 amide bonds. The van der Waals surface area contributed by atoms with Crippen LogP contribution in [0.15, 0.2) is 72.8 Å². The van der Waals surface area contributed by atoms with Crippen molar-refractivity contribution in [2.45, 2.75) is 41.5 Å². The van der Waals surface area contributed by atoms with Crippen LogP contribution in [0.2, 0.25) is 0 Å². The Morgan fingerprint density at radius 3 is 1.09 bits per heavy atom. The first-order valence-corrected chi connectivity index (χ1v) is 11.0. The van der Waals surface area contributed by atoms with Gasteiger partial charge in [-0.05, 0) is 0 Å². The second-order valence-electron chi connectivity index (χ2n) is 9.47.